The van der Waals surface area contributed by atoms with Crippen molar-refractivity contribution in [3.05, 3.63) is 58.6 Å². The number of carbonyl (C=O) groups is 1. The van der Waals surface area contributed by atoms with E-state index in [1.165, 1.54) is 30.3 Å². The lowest BCUT2D eigenvalue weighted by Gasteiger charge is -2.22. The second-order valence-corrected chi connectivity index (χ2v) is 9.33. The minimum atomic E-state index is -3.69. The standard InChI is InChI=1S/C20H21ClF2N2O3S/c21-18-9-15(14-4-1-5-16(22)7-14)8-17(20(18)23)19(26)11-25-29(27,28)12-13-3-2-6-24-10-13/h1,4-5,7-9,13,24-25H,2-3,6,10-12H2. The topological polar surface area (TPSA) is 75.3 Å². The summed E-state index contributed by atoms with van der Waals surface area (Å²) in [7, 11) is -3.69. The van der Waals surface area contributed by atoms with E-state index in [0.29, 0.717) is 17.7 Å². The lowest BCUT2D eigenvalue weighted by atomic mass is 10.0. The first-order valence-corrected chi connectivity index (χ1v) is 11.2. The number of carbonyl (C=O) groups excluding carboxylic acids is 1. The summed E-state index contributed by atoms with van der Waals surface area (Å²) in [5.41, 5.74) is 0.431. The van der Waals surface area contributed by atoms with Crippen molar-refractivity contribution in [1.82, 2.24) is 10.0 Å². The van der Waals surface area contributed by atoms with Crippen molar-refractivity contribution < 1.29 is 22.0 Å². The molecule has 1 unspecified atom stereocenters. The molecule has 0 radical (unpaired) electrons. The van der Waals surface area contributed by atoms with Gasteiger partial charge in [0.15, 0.2) is 11.6 Å². The minimum Gasteiger partial charge on any atom is -0.316 e. The molecule has 0 spiro atoms. The second-order valence-electron chi connectivity index (χ2n) is 7.07. The van der Waals surface area contributed by atoms with E-state index in [2.05, 4.69) is 10.0 Å². The van der Waals surface area contributed by atoms with Crippen LogP contribution in [-0.2, 0) is 10.0 Å². The summed E-state index contributed by atoms with van der Waals surface area (Å²) in [6.45, 7) is 0.890. The van der Waals surface area contributed by atoms with Crippen molar-refractivity contribution in [2.24, 2.45) is 5.92 Å². The number of hydrogen-bond donors (Lipinski definition) is 2. The van der Waals surface area contributed by atoms with Gasteiger partial charge in [0.25, 0.3) is 0 Å². The van der Waals surface area contributed by atoms with Gasteiger partial charge in [-0.25, -0.2) is 21.9 Å². The van der Waals surface area contributed by atoms with E-state index in [-0.39, 0.29) is 22.3 Å². The molecule has 1 fully saturated rings. The molecule has 156 valence electrons. The molecule has 9 heteroatoms. The van der Waals surface area contributed by atoms with Crippen molar-refractivity contribution >= 4 is 27.4 Å². The van der Waals surface area contributed by atoms with Gasteiger partial charge in [-0.1, -0.05) is 23.7 Å². The van der Waals surface area contributed by atoms with Crippen LogP contribution in [0.3, 0.4) is 0 Å². The van der Waals surface area contributed by atoms with Gasteiger partial charge >= 0.3 is 0 Å². The number of ketones is 1. The fourth-order valence-corrected chi connectivity index (χ4v) is 4.93. The van der Waals surface area contributed by atoms with Gasteiger partial charge in [0, 0.05) is 0 Å². The van der Waals surface area contributed by atoms with Gasteiger partial charge in [0.1, 0.15) is 5.82 Å². The molecule has 1 aliphatic heterocycles. The number of piperidine rings is 1. The summed E-state index contributed by atoms with van der Waals surface area (Å²) in [6.07, 6.45) is 1.69. The predicted octanol–water partition coefficient (Wildman–Crippen LogP) is 3.39. The van der Waals surface area contributed by atoms with Crippen LogP contribution in [0.1, 0.15) is 23.2 Å². The Bertz CT molecular complexity index is 1010. The first-order valence-electron chi connectivity index (χ1n) is 9.21. The van der Waals surface area contributed by atoms with Gasteiger partial charge in [-0.15, -0.1) is 0 Å². The number of Topliss-reactive ketones (excluding diaryl/α,β-unsaturated/α-hetero) is 1. The van der Waals surface area contributed by atoms with E-state index >= 15 is 0 Å². The Morgan fingerprint density at radius 2 is 2.00 bits per heavy atom. The van der Waals surface area contributed by atoms with Crippen LogP contribution in [0.4, 0.5) is 8.78 Å². The summed E-state index contributed by atoms with van der Waals surface area (Å²) < 4.78 is 54.7. The maximum absolute atomic E-state index is 14.4. The number of nitrogens with one attached hydrogen (secondary N) is 2. The van der Waals surface area contributed by atoms with Crippen molar-refractivity contribution in [2.45, 2.75) is 12.8 Å². The van der Waals surface area contributed by atoms with Crippen LogP contribution in [0.15, 0.2) is 36.4 Å². The van der Waals surface area contributed by atoms with Crippen molar-refractivity contribution in [2.75, 3.05) is 25.4 Å². The third kappa shape index (κ3) is 5.82. The Labute approximate surface area is 173 Å². The molecule has 2 aromatic carbocycles. The van der Waals surface area contributed by atoms with E-state index < -0.39 is 34.0 Å². The van der Waals surface area contributed by atoms with Crippen LogP contribution in [0, 0.1) is 17.6 Å². The Morgan fingerprint density at radius 1 is 1.21 bits per heavy atom. The Balaban J connectivity index is 1.74. The van der Waals surface area contributed by atoms with Crippen LogP contribution in [0.2, 0.25) is 5.02 Å². The summed E-state index contributed by atoms with van der Waals surface area (Å²) in [5.74, 6) is -2.31. The normalized spacial score (nSPS) is 17.3. The summed E-state index contributed by atoms with van der Waals surface area (Å²) in [5, 5.41) is 2.84. The first-order chi connectivity index (χ1) is 13.7. The smallest absolute Gasteiger partial charge is 0.212 e. The zero-order valence-electron chi connectivity index (χ0n) is 15.6. The number of rotatable bonds is 7. The van der Waals surface area contributed by atoms with Crippen molar-refractivity contribution in [3.8, 4) is 11.1 Å². The number of halogens is 3. The van der Waals surface area contributed by atoms with E-state index in [0.717, 1.165) is 19.4 Å². The average Bonchev–Trinajstić information content (AvgIpc) is 2.68. The Hall–Kier alpha value is -1.87. The van der Waals surface area contributed by atoms with Gasteiger partial charge in [0.2, 0.25) is 10.0 Å². The molecule has 1 saturated heterocycles. The average molecular weight is 443 g/mol. The molecule has 5 nitrogen and oxygen atoms in total. The maximum Gasteiger partial charge on any atom is 0.212 e. The fraction of sp³-hybridized carbons (Fsp3) is 0.350. The monoisotopic (exact) mass is 442 g/mol. The van der Waals surface area contributed by atoms with Crippen LogP contribution in [-0.4, -0.2) is 39.6 Å². The quantitative estimate of drug-likeness (QED) is 0.644. The van der Waals surface area contributed by atoms with E-state index in [1.54, 1.807) is 6.07 Å². The van der Waals surface area contributed by atoms with Crippen molar-refractivity contribution in [3.63, 3.8) is 0 Å². The zero-order valence-corrected chi connectivity index (χ0v) is 17.1. The van der Waals surface area contributed by atoms with E-state index in [4.69, 9.17) is 11.6 Å². The second kappa shape index (κ2) is 9.30. The molecule has 2 aromatic rings. The lowest BCUT2D eigenvalue weighted by Crippen LogP contribution is -2.39. The summed E-state index contributed by atoms with van der Waals surface area (Å²) >= 11 is 5.91. The Morgan fingerprint density at radius 3 is 2.69 bits per heavy atom. The van der Waals surface area contributed by atoms with Crippen LogP contribution < -0.4 is 10.0 Å². The van der Waals surface area contributed by atoms with Gasteiger partial charge in [-0.05, 0) is 67.2 Å². The van der Waals surface area contributed by atoms with Crippen LogP contribution >= 0.6 is 11.6 Å². The highest BCUT2D eigenvalue weighted by atomic mass is 35.5. The fourth-order valence-electron chi connectivity index (χ4n) is 3.33. The molecule has 29 heavy (non-hydrogen) atoms. The minimum absolute atomic E-state index is 0.0289. The van der Waals surface area contributed by atoms with Crippen LogP contribution in [0.25, 0.3) is 11.1 Å². The number of sulfonamides is 1. The molecular weight excluding hydrogens is 422 g/mol. The van der Waals surface area contributed by atoms with Crippen molar-refractivity contribution in [1.29, 1.82) is 0 Å². The van der Waals surface area contributed by atoms with Gasteiger partial charge in [0.05, 0.1) is 22.9 Å². The SMILES string of the molecule is O=C(CNS(=O)(=O)CC1CCCNC1)c1cc(-c2cccc(F)c2)cc(Cl)c1F. The number of hydrogen-bond acceptors (Lipinski definition) is 4. The molecule has 2 N–H and O–H groups in total. The molecule has 0 aliphatic carbocycles. The molecule has 1 aliphatic rings. The van der Waals surface area contributed by atoms with Gasteiger partial charge in [-0.2, -0.15) is 0 Å². The van der Waals surface area contributed by atoms with Gasteiger partial charge < -0.3 is 5.32 Å². The first kappa shape index (κ1) is 21.8. The summed E-state index contributed by atoms with van der Waals surface area (Å²) in [6, 6.07) is 8.12. The molecule has 0 bridgehead atoms. The predicted molar refractivity (Wildman–Crippen MR) is 109 cm³/mol. The van der Waals surface area contributed by atoms with E-state index in [9.17, 15) is 22.0 Å². The molecule has 1 heterocycles. The Kier molecular flexibility index (Phi) is 7.00. The molecule has 3 rings (SSSR count). The largest absolute Gasteiger partial charge is 0.316 e. The third-order valence-electron chi connectivity index (χ3n) is 4.79. The highest BCUT2D eigenvalue weighted by molar-refractivity contribution is 7.89. The zero-order chi connectivity index (χ0) is 21.0. The van der Waals surface area contributed by atoms with E-state index in [1.807, 2.05) is 0 Å². The van der Waals surface area contributed by atoms with Gasteiger partial charge in [-0.3, -0.25) is 4.79 Å². The summed E-state index contributed by atoms with van der Waals surface area (Å²) in [4.78, 5) is 12.5. The molecular formula is C20H21ClF2N2O3S. The maximum atomic E-state index is 14.4. The molecule has 0 aromatic heterocycles. The molecule has 1 atom stereocenters. The van der Waals surface area contributed by atoms with Crippen LogP contribution in [0.5, 0.6) is 0 Å². The molecule has 0 amide bonds. The third-order valence-corrected chi connectivity index (χ3v) is 6.56. The number of benzene rings is 2. The highest BCUT2D eigenvalue weighted by Gasteiger charge is 2.23. The molecule has 0 saturated carbocycles. The highest BCUT2D eigenvalue weighted by Crippen LogP contribution is 2.28. The lowest BCUT2D eigenvalue weighted by molar-refractivity contribution is 0.0993.